The fourth-order valence-corrected chi connectivity index (χ4v) is 3.34. The Kier molecular flexibility index (Phi) is 4.47. The van der Waals surface area contributed by atoms with Gasteiger partial charge in [-0.05, 0) is 57.2 Å². The van der Waals surface area contributed by atoms with E-state index in [4.69, 9.17) is 16.3 Å². The summed E-state index contributed by atoms with van der Waals surface area (Å²) in [5, 5.41) is 1.09. The Morgan fingerprint density at radius 3 is 2.62 bits per heavy atom. The highest BCUT2D eigenvalue weighted by atomic mass is 35.5. The number of aromatic amines is 1. The summed E-state index contributed by atoms with van der Waals surface area (Å²) in [5.41, 5.74) is 1.41. The number of halogens is 2. The van der Waals surface area contributed by atoms with Crippen LogP contribution in [-0.4, -0.2) is 34.7 Å². The molecule has 4 nitrogen and oxygen atoms in total. The molecular weight excluding hydrogens is 331 g/mol. The topological polar surface area (TPSA) is 45.3 Å². The zero-order valence-corrected chi connectivity index (χ0v) is 14.9. The molecule has 24 heavy (non-hydrogen) atoms. The van der Waals surface area contributed by atoms with Gasteiger partial charge >= 0.3 is 6.09 Å². The van der Waals surface area contributed by atoms with Crippen LogP contribution in [-0.2, 0) is 4.74 Å². The summed E-state index contributed by atoms with van der Waals surface area (Å²) < 4.78 is 19.0. The highest BCUT2D eigenvalue weighted by Gasteiger charge is 2.28. The molecule has 6 heteroatoms. The lowest BCUT2D eigenvalue weighted by Crippen LogP contribution is -2.41. The van der Waals surface area contributed by atoms with Crippen molar-refractivity contribution in [1.82, 2.24) is 9.88 Å². The molecule has 0 unspecified atom stereocenters. The number of ether oxygens (including phenoxy) is 1. The Balaban J connectivity index is 1.71. The molecule has 2 aromatic rings. The molecule has 1 aliphatic rings. The number of nitrogens with one attached hydrogen (secondary N) is 1. The molecule has 0 bridgehead atoms. The van der Waals surface area contributed by atoms with E-state index in [0.717, 1.165) is 29.3 Å². The molecule has 0 aliphatic carbocycles. The Bertz CT molecular complexity index is 758. The minimum atomic E-state index is -0.481. The Morgan fingerprint density at radius 2 is 2.00 bits per heavy atom. The summed E-state index contributed by atoms with van der Waals surface area (Å²) in [7, 11) is 0. The van der Waals surface area contributed by atoms with Crippen LogP contribution in [0.15, 0.2) is 18.3 Å². The highest BCUT2D eigenvalue weighted by molar-refractivity contribution is 6.31. The summed E-state index contributed by atoms with van der Waals surface area (Å²) in [5.74, 6) is -0.101. The number of nitrogens with zero attached hydrogens (tertiary/aromatic N) is 1. The van der Waals surface area contributed by atoms with Gasteiger partial charge < -0.3 is 14.6 Å². The number of fused-ring (bicyclic) bond motifs is 1. The monoisotopic (exact) mass is 352 g/mol. The average molecular weight is 353 g/mol. The van der Waals surface area contributed by atoms with E-state index in [1.54, 1.807) is 11.0 Å². The van der Waals surface area contributed by atoms with E-state index in [9.17, 15) is 9.18 Å². The van der Waals surface area contributed by atoms with E-state index >= 15 is 0 Å². The first-order valence-corrected chi connectivity index (χ1v) is 8.56. The third-order valence-corrected chi connectivity index (χ3v) is 4.63. The fourth-order valence-electron chi connectivity index (χ4n) is 3.18. The Labute approximate surface area is 145 Å². The van der Waals surface area contributed by atoms with Crippen molar-refractivity contribution in [3.63, 3.8) is 0 Å². The number of likely N-dealkylation sites (tertiary alicyclic amines) is 1. The van der Waals surface area contributed by atoms with Crippen LogP contribution >= 0.6 is 11.6 Å². The first kappa shape index (κ1) is 17.1. The van der Waals surface area contributed by atoms with Crippen LogP contribution in [0.25, 0.3) is 10.9 Å². The maximum atomic E-state index is 13.6. The Hall–Kier alpha value is -1.75. The second-order valence-electron chi connectivity index (χ2n) is 7.30. The van der Waals surface area contributed by atoms with Crippen molar-refractivity contribution in [2.45, 2.75) is 45.1 Å². The van der Waals surface area contributed by atoms with Gasteiger partial charge in [-0.15, -0.1) is 0 Å². The number of aromatic nitrogens is 1. The molecule has 1 amide bonds. The molecule has 0 radical (unpaired) electrons. The van der Waals surface area contributed by atoms with Gasteiger partial charge in [-0.3, -0.25) is 0 Å². The summed E-state index contributed by atoms with van der Waals surface area (Å²) in [4.78, 5) is 17.0. The number of carbonyl (C=O) groups excluding carboxylic acids is 1. The first-order valence-electron chi connectivity index (χ1n) is 8.18. The number of hydrogen-bond acceptors (Lipinski definition) is 2. The van der Waals surface area contributed by atoms with Gasteiger partial charge in [-0.2, -0.15) is 0 Å². The lowest BCUT2D eigenvalue weighted by Gasteiger charge is -2.33. The van der Waals surface area contributed by atoms with Gasteiger partial charge in [0.15, 0.2) is 0 Å². The van der Waals surface area contributed by atoms with Gasteiger partial charge in [0.1, 0.15) is 11.4 Å². The number of rotatable bonds is 1. The minimum absolute atomic E-state index is 0.134. The van der Waals surface area contributed by atoms with Crippen molar-refractivity contribution in [3.05, 3.63) is 34.7 Å². The molecule has 1 aromatic carbocycles. The van der Waals surface area contributed by atoms with Crippen LogP contribution in [0.3, 0.4) is 0 Å². The number of piperidine rings is 1. The maximum absolute atomic E-state index is 13.6. The number of H-pyrrole nitrogens is 1. The summed E-state index contributed by atoms with van der Waals surface area (Å²) in [6.07, 6.45) is 3.36. The third-order valence-electron chi connectivity index (χ3n) is 4.34. The van der Waals surface area contributed by atoms with Crippen molar-refractivity contribution in [1.29, 1.82) is 0 Å². The van der Waals surface area contributed by atoms with E-state index in [0.29, 0.717) is 19.0 Å². The highest BCUT2D eigenvalue weighted by Crippen LogP contribution is 2.35. The van der Waals surface area contributed by atoms with Crippen molar-refractivity contribution in [3.8, 4) is 0 Å². The quantitative estimate of drug-likeness (QED) is 0.778. The molecule has 1 fully saturated rings. The van der Waals surface area contributed by atoms with Gasteiger partial charge in [-0.1, -0.05) is 11.6 Å². The third kappa shape index (κ3) is 3.51. The summed E-state index contributed by atoms with van der Waals surface area (Å²) >= 11 is 5.92. The van der Waals surface area contributed by atoms with E-state index in [2.05, 4.69) is 4.98 Å². The van der Waals surface area contributed by atoms with Crippen LogP contribution < -0.4 is 0 Å². The lowest BCUT2D eigenvalue weighted by atomic mass is 9.89. The number of benzene rings is 1. The van der Waals surface area contributed by atoms with Crippen molar-refractivity contribution in [2.75, 3.05) is 13.1 Å². The van der Waals surface area contributed by atoms with Crippen LogP contribution in [0.5, 0.6) is 0 Å². The summed E-state index contributed by atoms with van der Waals surface area (Å²) in [6, 6.07) is 3.11. The predicted octanol–water partition coefficient (Wildman–Crippen LogP) is 5.07. The lowest BCUT2D eigenvalue weighted by molar-refractivity contribution is 0.0205. The van der Waals surface area contributed by atoms with Crippen molar-refractivity contribution in [2.24, 2.45) is 0 Å². The molecule has 1 aliphatic heterocycles. The molecule has 3 rings (SSSR count). The van der Waals surface area contributed by atoms with Crippen molar-refractivity contribution >= 4 is 28.6 Å². The maximum Gasteiger partial charge on any atom is 0.410 e. The van der Waals surface area contributed by atoms with E-state index < -0.39 is 11.4 Å². The molecule has 130 valence electrons. The van der Waals surface area contributed by atoms with Gasteiger partial charge in [0.2, 0.25) is 0 Å². The van der Waals surface area contributed by atoms with E-state index in [1.807, 2.05) is 27.0 Å². The molecular formula is C18H22ClFN2O2. The normalized spacial score (nSPS) is 16.6. The van der Waals surface area contributed by atoms with Gasteiger partial charge in [0.05, 0.1) is 5.02 Å². The van der Waals surface area contributed by atoms with Crippen LogP contribution in [0.2, 0.25) is 5.02 Å². The van der Waals surface area contributed by atoms with Gasteiger partial charge in [0.25, 0.3) is 0 Å². The van der Waals surface area contributed by atoms with Gasteiger partial charge in [-0.25, -0.2) is 9.18 Å². The Morgan fingerprint density at radius 1 is 1.33 bits per heavy atom. The van der Waals surface area contributed by atoms with Crippen molar-refractivity contribution < 1.29 is 13.9 Å². The molecule has 0 saturated carbocycles. The molecule has 0 spiro atoms. The van der Waals surface area contributed by atoms with Crippen LogP contribution in [0.1, 0.15) is 45.1 Å². The SMILES string of the molecule is CC(C)(C)OC(=O)N1CCC(c2c[nH]c3cc(F)c(Cl)cc23)CC1. The zero-order chi connectivity index (χ0) is 17.5. The van der Waals surface area contributed by atoms with E-state index in [-0.39, 0.29) is 11.1 Å². The zero-order valence-electron chi connectivity index (χ0n) is 14.2. The smallest absolute Gasteiger partial charge is 0.410 e. The first-order chi connectivity index (χ1) is 11.2. The van der Waals surface area contributed by atoms with Crippen LogP contribution in [0.4, 0.5) is 9.18 Å². The fraction of sp³-hybridized carbons (Fsp3) is 0.500. The van der Waals surface area contributed by atoms with Gasteiger partial charge in [0, 0.05) is 30.2 Å². The molecule has 1 aromatic heterocycles. The standard InChI is InChI=1S/C18H22ClFN2O2/c1-18(2,3)24-17(23)22-6-4-11(5-7-22)13-10-21-16-9-15(20)14(19)8-12(13)16/h8-11,21H,4-7H2,1-3H3. The predicted molar refractivity (Wildman–Crippen MR) is 93.0 cm³/mol. The number of hydrogen-bond donors (Lipinski definition) is 1. The number of amides is 1. The largest absolute Gasteiger partial charge is 0.444 e. The molecule has 0 atom stereocenters. The number of carbonyl (C=O) groups is 1. The van der Waals surface area contributed by atoms with Crippen LogP contribution in [0, 0.1) is 5.82 Å². The molecule has 2 heterocycles. The average Bonchev–Trinajstić information content (AvgIpc) is 2.89. The molecule has 1 saturated heterocycles. The second kappa shape index (κ2) is 6.28. The summed E-state index contributed by atoms with van der Waals surface area (Å²) in [6.45, 7) is 6.91. The van der Waals surface area contributed by atoms with E-state index in [1.165, 1.54) is 6.07 Å². The molecule has 1 N–H and O–H groups in total. The second-order valence-corrected chi connectivity index (χ2v) is 7.70. The minimum Gasteiger partial charge on any atom is -0.444 e.